The highest BCUT2D eigenvalue weighted by atomic mass is 32.1. The van der Waals surface area contributed by atoms with Gasteiger partial charge in [-0.3, -0.25) is 14.8 Å². The molecule has 1 aromatic heterocycles. The highest BCUT2D eigenvalue weighted by molar-refractivity contribution is 7.71. The van der Waals surface area contributed by atoms with E-state index in [-0.39, 0.29) is 16.2 Å². The van der Waals surface area contributed by atoms with Crippen LogP contribution < -0.4 is 5.56 Å². The van der Waals surface area contributed by atoms with Crippen molar-refractivity contribution in [3.05, 3.63) is 38.0 Å². The van der Waals surface area contributed by atoms with E-state index in [1.54, 1.807) is 0 Å². The number of aliphatic imine (C=N–C) groups is 1. The quantitative estimate of drug-likeness (QED) is 0.665. The number of allylic oxidation sites excluding steroid dienone is 2. The maximum Gasteiger partial charge on any atom is 0.262 e. The van der Waals surface area contributed by atoms with Crippen molar-refractivity contribution in [2.75, 3.05) is 0 Å². The minimum atomic E-state index is -0.439. The van der Waals surface area contributed by atoms with Crippen LogP contribution >= 0.6 is 12.2 Å². The van der Waals surface area contributed by atoms with Crippen molar-refractivity contribution in [1.29, 1.82) is 0 Å². The normalized spacial score (nSPS) is 17.2. The zero-order valence-electron chi connectivity index (χ0n) is 9.37. The molecule has 0 aliphatic carbocycles. The molecule has 0 saturated carbocycles. The molecule has 0 spiro atoms. The topological polar surface area (TPSA) is 81.2 Å². The Morgan fingerprint density at radius 1 is 1.41 bits per heavy atom. The molecule has 2 heterocycles. The van der Waals surface area contributed by atoms with Gasteiger partial charge in [0.15, 0.2) is 4.77 Å². The Morgan fingerprint density at radius 2 is 2.12 bits per heavy atom. The van der Waals surface area contributed by atoms with Gasteiger partial charge in [0.2, 0.25) is 5.88 Å². The summed E-state index contributed by atoms with van der Waals surface area (Å²) in [6.45, 7) is 3.76. The lowest BCUT2D eigenvalue weighted by Crippen LogP contribution is -2.11. The zero-order chi connectivity index (χ0) is 12.6. The molecule has 0 aromatic carbocycles. The second-order valence-corrected chi connectivity index (χ2v) is 4.19. The average Bonchev–Trinajstić information content (AvgIpc) is 2.51. The number of hydrogen-bond acceptors (Lipinski definition) is 4. The molecule has 17 heavy (non-hydrogen) atoms. The first-order valence-corrected chi connectivity index (χ1v) is 5.39. The van der Waals surface area contributed by atoms with Crippen LogP contribution in [-0.4, -0.2) is 20.8 Å². The van der Waals surface area contributed by atoms with Gasteiger partial charge >= 0.3 is 0 Å². The molecule has 0 atom stereocenters. The molecule has 1 aliphatic heterocycles. The summed E-state index contributed by atoms with van der Waals surface area (Å²) in [7, 11) is 0. The largest absolute Gasteiger partial charge is 0.494 e. The van der Waals surface area contributed by atoms with Crippen LogP contribution in [0.2, 0.25) is 0 Å². The number of nitrogens with one attached hydrogen (secondary N) is 2. The van der Waals surface area contributed by atoms with E-state index >= 15 is 0 Å². The molecule has 1 aromatic rings. The number of aromatic nitrogens is 2. The fraction of sp³-hybridized carbons (Fsp3) is 0.182. The minimum Gasteiger partial charge on any atom is -0.494 e. The van der Waals surface area contributed by atoms with E-state index in [2.05, 4.69) is 15.0 Å². The zero-order valence-corrected chi connectivity index (χ0v) is 10.2. The lowest BCUT2D eigenvalue weighted by molar-refractivity contribution is 0.448. The van der Waals surface area contributed by atoms with Crippen LogP contribution in [0.3, 0.4) is 0 Å². The molecule has 0 amide bonds. The third-order valence-corrected chi connectivity index (χ3v) is 2.57. The SMILES string of the molecule is CC1=CC(C)=NC1=Cc1c(O)[nH]c(=S)[nH]c1=O. The molecule has 0 radical (unpaired) electrons. The van der Waals surface area contributed by atoms with Crippen LogP contribution in [0.25, 0.3) is 6.08 Å². The number of aromatic hydroxyl groups is 1. The molecule has 0 unspecified atom stereocenters. The van der Waals surface area contributed by atoms with Crippen molar-refractivity contribution >= 4 is 24.0 Å². The number of nitrogens with zero attached hydrogens (tertiary/aromatic N) is 1. The predicted octanol–water partition coefficient (Wildman–Crippen LogP) is 1.90. The van der Waals surface area contributed by atoms with Gasteiger partial charge in [0.1, 0.15) is 5.56 Å². The lowest BCUT2D eigenvalue weighted by atomic mass is 10.2. The Labute approximate surface area is 102 Å². The second kappa shape index (κ2) is 4.14. The number of aromatic amines is 2. The summed E-state index contributed by atoms with van der Waals surface area (Å²) in [5.74, 6) is -0.251. The third-order valence-electron chi connectivity index (χ3n) is 2.37. The van der Waals surface area contributed by atoms with Crippen molar-refractivity contribution in [3.63, 3.8) is 0 Å². The highest BCUT2D eigenvalue weighted by Crippen LogP contribution is 2.22. The fourth-order valence-electron chi connectivity index (χ4n) is 1.60. The van der Waals surface area contributed by atoms with Gasteiger partial charge in [0.05, 0.1) is 5.70 Å². The second-order valence-electron chi connectivity index (χ2n) is 3.78. The first kappa shape index (κ1) is 11.5. The Hall–Kier alpha value is -1.95. The molecule has 0 saturated heterocycles. The van der Waals surface area contributed by atoms with Gasteiger partial charge in [-0.15, -0.1) is 0 Å². The highest BCUT2D eigenvalue weighted by Gasteiger charge is 2.11. The number of H-pyrrole nitrogens is 2. The summed E-state index contributed by atoms with van der Waals surface area (Å²) in [4.78, 5) is 20.8. The van der Waals surface area contributed by atoms with E-state index in [0.717, 1.165) is 11.3 Å². The Balaban J connectivity index is 2.59. The number of hydrogen-bond donors (Lipinski definition) is 3. The predicted molar refractivity (Wildman–Crippen MR) is 68.8 cm³/mol. The third kappa shape index (κ3) is 2.26. The van der Waals surface area contributed by atoms with Crippen LogP contribution in [0, 0.1) is 4.77 Å². The molecule has 88 valence electrons. The molecular formula is C11H11N3O2S. The number of rotatable bonds is 1. The van der Waals surface area contributed by atoms with Crippen LogP contribution in [0.15, 0.2) is 27.1 Å². The smallest absolute Gasteiger partial charge is 0.262 e. The van der Waals surface area contributed by atoms with Crippen molar-refractivity contribution in [2.45, 2.75) is 13.8 Å². The van der Waals surface area contributed by atoms with Crippen molar-refractivity contribution < 1.29 is 5.11 Å². The van der Waals surface area contributed by atoms with Crippen molar-refractivity contribution in [3.8, 4) is 5.88 Å². The first-order valence-electron chi connectivity index (χ1n) is 4.98. The summed E-state index contributed by atoms with van der Waals surface area (Å²) in [5.41, 5.74) is 2.16. The average molecular weight is 249 g/mol. The monoisotopic (exact) mass is 249 g/mol. The lowest BCUT2D eigenvalue weighted by Gasteiger charge is -2.00. The van der Waals surface area contributed by atoms with Crippen molar-refractivity contribution in [2.24, 2.45) is 4.99 Å². The summed E-state index contributed by atoms with van der Waals surface area (Å²) < 4.78 is 0.0908. The molecule has 5 nitrogen and oxygen atoms in total. The van der Waals surface area contributed by atoms with Crippen LogP contribution in [0.5, 0.6) is 5.88 Å². The Bertz CT molecular complexity index is 677. The minimum absolute atomic E-state index is 0.0908. The van der Waals surface area contributed by atoms with Gasteiger partial charge in [-0.05, 0) is 43.8 Å². The molecule has 1 aliphatic rings. The van der Waals surface area contributed by atoms with Gasteiger partial charge in [-0.25, -0.2) is 0 Å². The van der Waals surface area contributed by atoms with Crippen molar-refractivity contribution in [1.82, 2.24) is 9.97 Å². The molecule has 3 N–H and O–H groups in total. The van der Waals surface area contributed by atoms with Gasteiger partial charge in [0.25, 0.3) is 5.56 Å². The molecule has 6 heteroatoms. The van der Waals surface area contributed by atoms with Crippen LogP contribution in [0.4, 0.5) is 0 Å². The van der Waals surface area contributed by atoms with E-state index in [1.807, 2.05) is 19.9 Å². The van der Waals surface area contributed by atoms with Gasteiger partial charge < -0.3 is 10.1 Å². The van der Waals surface area contributed by atoms with E-state index in [1.165, 1.54) is 6.08 Å². The maximum absolute atomic E-state index is 11.6. The summed E-state index contributed by atoms with van der Waals surface area (Å²) >= 11 is 4.74. The first-order chi connectivity index (χ1) is 7.97. The maximum atomic E-state index is 11.6. The standard InChI is InChI=1S/C11H11N3O2S/c1-5-3-6(2)12-8(5)4-7-9(15)13-11(17)14-10(7)16/h3-4H,1-2H3,(H3,13,14,15,16,17). The van der Waals surface area contributed by atoms with E-state index < -0.39 is 5.56 Å². The van der Waals surface area contributed by atoms with Crippen LogP contribution in [0.1, 0.15) is 19.4 Å². The molecular weight excluding hydrogens is 238 g/mol. The van der Waals surface area contributed by atoms with Gasteiger partial charge in [-0.1, -0.05) is 0 Å². The van der Waals surface area contributed by atoms with E-state index in [9.17, 15) is 9.90 Å². The molecule has 0 bridgehead atoms. The van der Waals surface area contributed by atoms with Crippen LogP contribution in [-0.2, 0) is 0 Å². The van der Waals surface area contributed by atoms with E-state index in [0.29, 0.717) is 5.70 Å². The molecule has 2 rings (SSSR count). The summed E-state index contributed by atoms with van der Waals surface area (Å²) in [5, 5.41) is 9.63. The van der Waals surface area contributed by atoms with E-state index in [4.69, 9.17) is 12.2 Å². The Morgan fingerprint density at radius 3 is 2.65 bits per heavy atom. The molecule has 0 fully saturated rings. The van der Waals surface area contributed by atoms with Gasteiger partial charge in [0, 0.05) is 5.71 Å². The van der Waals surface area contributed by atoms with Gasteiger partial charge in [-0.2, -0.15) is 0 Å². The summed E-state index contributed by atoms with van der Waals surface area (Å²) in [6, 6.07) is 0. The fourth-order valence-corrected chi connectivity index (χ4v) is 1.79. The summed E-state index contributed by atoms with van der Waals surface area (Å²) in [6.07, 6.45) is 3.43. The Kier molecular flexibility index (Phi) is 2.81.